The van der Waals surface area contributed by atoms with Crippen LogP contribution >= 0.6 is 0 Å². The maximum absolute atomic E-state index is 11.8. The number of rotatable bonds is 5. The summed E-state index contributed by atoms with van der Waals surface area (Å²) in [4.78, 5) is 10.9. The zero-order valence-corrected chi connectivity index (χ0v) is 10.5. The lowest BCUT2D eigenvalue weighted by Crippen LogP contribution is -2.32. The Labute approximate surface area is 101 Å². The molecule has 0 spiro atoms. The van der Waals surface area contributed by atoms with E-state index in [2.05, 4.69) is 0 Å². The Morgan fingerprint density at radius 2 is 1.88 bits per heavy atom. The number of carbonyl (C=O) groups is 1. The summed E-state index contributed by atoms with van der Waals surface area (Å²) >= 11 is 0. The molecule has 0 saturated heterocycles. The van der Waals surface area contributed by atoms with Crippen molar-refractivity contribution in [3.8, 4) is 0 Å². The lowest BCUT2D eigenvalue weighted by molar-refractivity contribution is -0.124. The average Bonchev–Trinajstić information content (AvgIpc) is 2.26. The highest BCUT2D eigenvalue weighted by Gasteiger charge is 2.24. The zero-order valence-electron chi connectivity index (χ0n) is 9.71. The van der Waals surface area contributed by atoms with E-state index >= 15 is 0 Å². The van der Waals surface area contributed by atoms with Crippen LogP contribution in [0.2, 0.25) is 0 Å². The lowest BCUT2D eigenvalue weighted by Gasteiger charge is -2.12. The molecule has 2 N–H and O–H groups in total. The smallest absolute Gasteiger partial charge is 0.297 e. The summed E-state index contributed by atoms with van der Waals surface area (Å²) in [6, 6.07) is 6.17. The Hall–Kier alpha value is -1.40. The van der Waals surface area contributed by atoms with Gasteiger partial charge in [-0.15, -0.1) is 0 Å². The van der Waals surface area contributed by atoms with Gasteiger partial charge in [-0.25, -0.2) is 0 Å². The van der Waals surface area contributed by atoms with Gasteiger partial charge in [0.05, 0.1) is 4.90 Å². The van der Waals surface area contributed by atoms with Gasteiger partial charge in [0.25, 0.3) is 10.1 Å². The van der Waals surface area contributed by atoms with Crippen molar-refractivity contribution in [2.75, 3.05) is 0 Å². The van der Waals surface area contributed by atoms with Gasteiger partial charge in [0.1, 0.15) is 0 Å². The fourth-order valence-corrected chi connectivity index (χ4v) is 2.35. The van der Waals surface area contributed by atoms with E-state index in [0.717, 1.165) is 5.56 Å². The monoisotopic (exact) mass is 257 g/mol. The third kappa shape index (κ3) is 3.54. The molecular weight excluding hydrogens is 242 g/mol. The molecule has 1 amide bonds. The van der Waals surface area contributed by atoms with Crippen LogP contribution in [-0.4, -0.2) is 20.4 Å². The Balaban J connectivity index is 2.96. The molecule has 94 valence electrons. The number of aryl methyl sites for hydroxylation is 1. The molecule has 0 aliphatic rings. The molecule has 0 radical (unpaired) electrons. The molecule has 0 bridgehead atoms. The average molecular weight is 257 g/mol. The molecule has 1 rings (SSSR count). The van der Waals surface area contributed by atoms with Crippen molar-refractivity contribution in [3.63, 3.8) is 0 Å². The van der Waals surface area contributed by atoms with Crippen LogP contribution in [0.3, 0.4) is 0 Å². The molecule has 1 atom stereocenters. The van der Waals surface area contributed by atoms with E-state index in [4.69, 9.17) is 9.92 Å². The SMILES string of the molecule is CC[C@@H](OS(=O)(=O)c1ccc(C)cc1)C(N)=O. The molecule has 1 aromatic carbocycles. The van der Waals surface area contributed by atoms with Crippen LogP contribution < -0.4 is 5.73 Å². The number of carbonyl (C=O) groups excluding carboxylic acids is 1. The van der Waals surface area contributed by atoms with Crippen molar-refractivity contribution >= 4 is 16.0 Å². The molecule has 0 fully saturated rings. The minimum atomic E-state index is -3.93. The van der Waals surface area contributed by atoms with E-state index in [1.54, 1.807) is 19.1 Å². The standard InChI is InChI=1S/C11H15NO4S/c1-3-10(11(12)13)16-17(14,15)9-6-4-8(2)5-7-9/h4-7,10H,3H2,1-2H3,(H2,12,13)/t10-/m1/s1. The third-order valence-electron chi connectivity index (χ3n) is 2.24. The van der Waals surface area contributed by atoms with Gasteiger partial charge in [-0.3, -0.25) is 8.98 Å². The van der Waals surface area contributed by atoms with Gasteiger partial charge in [-0.1, -0.05) is 24.6 Å². The first-order chi connectivity index (χ1) is 7.86. The molecule has 6 heteroatoms. The van der Waals surface area contributed by atoms with Crippen LogP contribution in [0.1, 0.15) is 18.9 Å². The predicted octanol–water partition coefficient (Wildman–Crippen LogP) is 0.964. The number of benzene rings is 1. The number of amides is 1. The second kappa shape index (κ2) is 5.29. The lowest BCUT2D eigenvalue weighted by atomic mass is 10.2. The highest BCUT2D eigenvalue weighted by atomic mass is 32.2. The van der Waals surface area contributed by atoms with Crippen molar-refractivity contribution < 1.29 is 17.4 Å². The molecule has 0 aliphatic heterocycles. The normalized spacial score (nSPS) is 13.3. The molecule has 0 unspecified atom stereocenters. The third-order valence-corrected chi connectivity index (χ3v) is 3.58. The first-order valence-corrected chi connectivity index (χ1v) is 6.57. The second-order valence-corrected chi connectivity index (χ2v) is 5.23. The number of hydrogen-bond donors (Lipinski definition) is 1. The number of nitrogens with two attached hydrogens (primary N) is 1. The van der Waals surface area contributed by atoms with Gasteiger partial charge in [-0.05, 0) is 25.5 Å². The zero-order chi connectivity index (χ0) is 13.1. The van der Waals surface area contributed by atoms with Crippen LogP contribution in [0, 0.1) is 6.92 Å². The topological polar surface area (TPSA) is 86.5 Å². The molecule has 0 saturated carbocycles. The van der Waals surface area contributed by atoms with Gasteiger partial charge in [0.2, 0.25) is 5.91 Å². The minimum Gasteiger partial charge on any atom is -0.367 e. The van der Waals surface area contributed by atoms with Crippen molar-refractivity contribution in [3.05, 3.63) is 29.8 Å². The quantitative estimate of drug-likeness (QED) is 0.796. The van der Waals surface area contributed by atoms with Crippen molar-refractivity contribution in [2.45, 2.75) is 31.3 Å². The summed E-state index contributed by atoms with van der Waals surface area (Å²) in [5, 5.41) is 0. The molecule has 0 aromatic heterocycles. The molecule has 0 aliphatic carbocycles. The summed E-state index contributed by atoms with van der Waals surface area (Å²) in [5.74, 6) is -0.789. The van der Waals surface area contributed by atoms with Gasteiger partial charge in [0.15, 0.2) is 6.10 Å². The van der Waals surface area contributed by atoms with Crippen LogP contribution in [0.15, 0.2) is 29.2 Å². The number of hydrogen-bond acceptors (Lipinski definition) is 4. The van der Waals surface area contributed by atoms with Crippen LogP contribution in [-0.2, 0) is 19.1 Å². The summed E-state index contributed by atoms with van der Waals surface area (Å²) in [6.07, 6.45) is -0.915. The van der Waals surface area contributed by atoms with E-state index < -0.39 is 22.1 Å². The maximum atomic E-state index is 11.8. The predicted molar refractivity (Wildman–Crippen MR) is 62.7 cm³/mol. The minimum absolute atomic E-state index is 0.0165. The molecule has 1 aromatic rings. The van der Waals surface area contributed by atoms with Crippen molar-refractivity contribution in [1.29, 1.82) is 0 Å². The molecule has 0 heterocycles. The maximum Gasteiger partial charge on any atom is 0.297 e. The van der Waals surface area contributed by atoms with Crippen LogP contribution in [0.25, 0.3) is 0 Å². The largest absolute Gasteiger partial charge is 0.367 e. The molecule has 5 nitrogen and oxygen atoms in total. The fourth-order valence-electron chi connectivity index (χ4n) is 1.23. The van der Waals surface area contributed by atoms with Gasteiger partial charge < -0.3 is 5.73 Å². The Kier molecular flexibility index (Phi) is 4.25. The Morgan fingerprint density at radius 3 is 2.29 bits per heavy atom. The Morgan fingerprint density at radius 1 is 1.35 bits per heavy atom. The van der Waals surface area contributed by atoms with Gasteiger partial charge >= 0.3 is 0 Å². The fraction of sp³-hybridized carbons (Fsp3) is 0.364. The van der Waals surface area contributed by atoms with E-state index in [0.29, 0.717) is 0 Å². The summed E-state index contributed by atoms with van der Waals surface area (Å²) in [6.45, 7) is 3.47. The van der Waals surface area contributed by atoms with E-state index in [-0.39, 0.29) is 11.3 Å². The van der Waals surface area contributed by atoms with Crippen molar-refractivity contribution in [1.82, 2.24) is 0 Å². The highest BCUT2D eigenvalue weighted by molar-refractivity contribution is 7.86. The first-order valence-electron chi connectivity index (χ1n) is 5.16. The summed E-state index contributed by atoms with van der Waals surface area (Å²) in [5.41, 5.74) is 5.96. The molecular formula is C11H15NO4S. The summed E-state index contributed by atoms with van der Waals surface area (Å²) < 4.78 is 28.3. The van der Waals surface area contributed by atoms with Crippen molar-refractivity contribution in [2.24, 2.45) is 5.73 Å². The van der Waals surface area contributed by atoms with E-state index in [1.807, 2.05) is 6.92 Å². The second-order valence-electron chi connectivity index (χ2n) is 3.66. The Bertz CT molecular complexity index is 493. The van der Waals surface area contributed by atoms with Gasteiger partial charge in [-0.2, -0.15) is 8.42 Å². The highest BCUT2D eigenvalue weighted by Crippen LogP contribution is 2.16. The molecule has 17 heavy (non-hydrogen) atoms. The van der Waals surface area contributed by atoms with Gasteiger partial charge in [0, 0.05) is 0 Å². The van der Waals surface area contributed by atoms with Crippen LogP contribution in [0.5, 0.6) is 0 Å². The van der Waals surface area contributed by atoms with Crippen LogP contribution in [0.4, 0.5) is 0 Å². The van der Waals surface area contributed by atoms with E-state index in [9.17, 15) is 13.2 Å². The number of primary amides is 1. The summed E-state index contributed by atoms with van der Waals surface area (Å²) in [7, 11) is -3.93. The first kappa shape index (κ1) is 13.7. The van der Waals surface area contributed by atoms with E-state index in [1.165, 1.54) is 12.1 Å².